The Morgan fingerprint density at radius 1 is 1.24 bits per heavy atom. The van der Waals surface area contributed by atoms with Crippen molar-refractivity contribution in [2.75, 3.05) is 6.61 Å². The molecule has 2 aromatic carbocycles. The van der Waals surface area contributed by atoms with Crippen molar-refractivity contribution in [2.24, 2.45) is 0 Å². The largest absolute Gasteiger partial charge is 0.493 e. The summed E-state index contributed by atoms with van der Waals surface area (Å²) in [4.78, 5) is 24.1. The minimum Gasteiger partial charge on any atom is -0.493 e. The van der Waals surface area contributed by atoms with Gasteiger partial charge >= 0.3 is 5.97 Å². The van der Waals surface area contributed by atoms with Gasteiger partial charge in [0.1, 0.15) is 29.1 Å². The number of carbonyl (C=O) groups is 2. The maximum absolute atomic E-state index is 12.6. The first-order valence-corrected chi connectivity index (χ1v) is 11.0. The second-order valence-corrected chi connectivity index (χ2v) is 8.23. The molecule has 0 radical (unpaired) electrons. The molecule has 8 heteroatoms. The van der Waals surface area contributed by atoms with E-state index < -0.39 is 11.9 Å². The standard InChI is InChI=1S/C26H24N2O6/c1-15-20(16(2)34-28-15)4-3-5-23(29)17-6-8-19(9-7-17)33-24-13-25-22(12-18(24)14-27)21(26(30)31)10-11-32-25/h6-9,12-13,21H,3-5,10-11H2,1-2H3,(H,30,31). The van der Waals surface area contributed by atoms with Gasteiger partial charge in [0.05, 0.1) is 23.8 Å². The molecule has 34 heavy (non-hydrogen) atoms. The van der Waals surface area contributed by atoms with E-state index in [4.69, 9.17) is 14.0 Å². The van der Waals surface area contributed by atoms with Crippen molar-refractivity contribution in [1.82, 2.24) is 5.16 Å². The number of rotatable bonds is 8. The van der Waals surface area contributed by atoms with Crippen LogP contribution in [0.3, 0.4) is 0 Å². The predicted octanol–water partition coefficient (Wildman–Crippen LogP) is 5.11. The molecule has 1 aliphatic heterocycles. The number of hydrogen-bond acceptors (Lipinski definition) is 7. The predicted molar refractivity (Wildman–Crippen MR) is 121 cm³/mol. The van der Waals surface area contributed by atoms with Gasteiger partial charge < -0.3 is 19.1 Å². The van der Waals surface area contributed by atoms with Gasteiger partial charge in [-0.05, 0) is 63.4 Å². The highest BCUT2D eigenvalue weighted by Crippen LogP contribution is 2.39. The fraction of sp³-hybridized carbons (Fsp3) is 0.308. The third-order valence-corrected chi connectivity index (χ3v) is 5.99. The van der Waals surface area contributed by atoms with Crippen molar-refractivity contribution in [1.29, 1.82) is 5.26 Å². The molecule has 1 aromatic heterocycles. The molecule has 0 bridgehead atoms. The lowest BCUT2D eigenvalue weighted by Gasteiger charge is -2.24. The topological polar surface area (TPSA) is 123 Å². The van der Waals surface area contributed by atoms with E-state index in [1.54, 1.807) is 30.3 Å². The summed E-state index contributed by atoms with van der Waals surface area (Å²) in [5.41, 5.74) is 3.17. The van der Waals surface area contributed by atoms with E-state index in [2.05, 4.69) is 11.2 Å². The van der Waals surface area contributed by atoms with Crippen LogP contribution in [0.1, 0.15) is 63.7 Å². The van der Waals surface area contributed by atoms with E-state index in [-0.39, 0.29) is 23.7 Å². The molecule has 0 aliphatic carbocycles. The summed E-state index contributed by atoms with van der Waals surface area (Å²) in [5.74, 6) is 0.270. The number of carbonyl (C=O) groups excluding carboxylic acids is 1. The number of carboxylic acid groups (broad SMARTS) is 1. The Balaban J connectivity index is 1.43. The Labute approximate surface area is 196 Å². The second-order valence-electron chi connectivity index (χ2n) is 8.23. The van der Waals surface area contributed by atoms with Crippen molar-refractivity contribution in [3.8, 4) is 23.3 Å². The third kappa shape index (κ3) is 4.79. The van der Waals surface area contributed by atoms with Gasteiger partial charge in [0.25, 0.3) is 0 Å². The quantitative estimate of drug-likeness (QED) is 0.460. The summed E-state index contributed by atoms with van der Waals surface area (Å²) in [6, 6.07) is 11.8. The van der Waals surface area contributed by atoms with Crippen molar-refractivity contribution in [2.45, 2.75) is 45.4 Å². The summed E-state index contributed by atoms with van der Waals surface area (Å²) in [5, 5.41) is 22.9. The molecule has 0 fully saturated rings. The molecule has 1 unspecified atom stereocenters. The second kappa shape index (κ2) is 9.79. The summed E-state index contributed by atoms with van der Waals surface area (Å²) in [6.45, 7) is 4.04. The molecule has 8 nitrogen and oxygen atoms in total. The maximum Gasteiger partial charge on any atom is 0.311 e. The Kier molecular flexibility index (Phi) is 6.64. The van der Waals surface area contributed by atoms with Crippen molar-refractivity contribution < 1.29 is 28.7 Å². The smallest absolute Gasteiger partial charge is 0.311 e. The normalized spacial score (nSPS) is 14.6. The first-order valence-electron chi connectivity index (χ1n) is 11.0. The van der Waals surface area contributed by atoms with Crippen LogP contribution < -0.4 is 9.47 Å². The molecule has 0 spiro atoms. The summed E-state index contributed by atoms with van der Waals surface area (Å²) >= 11 is 0. The van der Waals surface area contributed by atoms with E-state index in [1.807, 2.05) is 13.8 Å². The lowest BCUT2D eigenvalue weighted by molar-refractivity contribution is -0.139. The summed E-state index contributed by atoms with van der Waals surface area (Å²) in [6.07, 6.45) is 2.17. The average molecular weight is 460 g/mol. The highest BCUT2D eigenvalue weighted by Gasteiger charge is 2.29. The molecule has 4 rings (SSSR count). The number of nitrogens with zero attached hydrogens (tertiary/aromatic N) is 2. The van der Waals surface area contributed by atoms with Gasteiger partial charge in [0, 0.05) is 29.2 Å². The van der Waals surface area contributed by atoms with E-state index in [0.29, 0.717) is 41.9 Å². The minimum absolute atomic E-state index is 0.0258. The van der Waals surface area contributed by atoms with Gasteiger partial charge in [0.15, 0.2) is 5.78 Å². The van der Waals surface area contributed by atoms with Gasteiger partial charge in [-0.15, -0.1) is 0 Å². The lowest BCUT2D eigenvalue weighted by atomic mass is 9.91. The molecule has 1 aliphatic rings. The zero-order valence-corrected chi connectivity index (χ0v) is 19.0. The number of ketones is 1. The lowest BCUT2D eigenvalue weighted by Crippen LogP contribution is -2.21. The van der Waals surface area contributed by atoms with Crippen molar-refractivity contribution in [3.63, 3.8) is 0 Å². The number of aryl methyl sites for hydroxylation is 2. The van der Waals surface area contributed by atoms with Gasteiger partial charge in [-0.3, -0.25) is 9.59 Å². The van der Waals surface area contributed by atoms with Crippen LogP contribution in [-0.2, 0) is 11.2 Å². The van der Waals surface area contributed by atoms with E-state index in [1.165, 1.54) is 6.07 Å². The van der Waals surface area contributed by atoms with Crippen LogP contribution in [0, 0.1) is 25.2 Å². The van der Waals surface area contributed by atoms with E-state index in [0.717, 1.165) is 23.4 Å². The fourth-order valence-corrected chi connectivity index (χ4v) is 4.11. The molecule has 1 N–H and O–H groups in total. The van der Waals surface area contributed by atoms with Crippen LogP contribution in [0.4, 0.5) is 0 Å². The van der Waals surface area contributed by atoms with Crippen LogP contribution in [0.2, 0.25) is 0 Å². The number of nitriles is 1. The molecule has 2 heterocycles. The molecule has 3 aromatic rings. The van der Waals surface area contributed by atoms with Crippen LogP contribution in [0.5, 0.6) is 17.2 Å². The highest BCUT2D eigenvalue weighted by atomic mass is 16.5. The molecule has 0 saturated carbocycles. The zero-order valence-electron chi connectivity index (χ0n) is 19.0. The zero-order chi connectivity index (χ0) is 24.2. The minimum atomic E-state index is -0.950. The number of benzene rings is 2. The number of aliphatic carboxylic acids is 1. The number of hydrogen-bond donors (Lipinski definition) is 1. The van der Waals surface area contributed by atoms with Crippen LogP contribution in [0.25, 0.3) is 0 Å². The number of fused-ring (bicyclic) bond motifs is 1. The SMILES string of the molecule is Cc1noc(C)c1CCCC(=O)c1ccc(Oc2cc3c(cc2C#N)C(C(=O)O)CCO3)cc1. The molecule has 1 atom stereocenters. The third-order valence-electron chi connectivity index (χ3n) is 5.99. The van der Waals surface area contributed by atoms with Gasteiger partial charge in [-0.1, -0.05) is 5.16 Å². The molecule has 174 valence electrons. The fourth-order valence-electron chi connectivity index (χ4n) is 4.11. The number of aromatic nitrogens is 1. The Hall–Kier alpha value is -4.12. The summed E-state index contributed by atoms with van der Waals surface area (Å²) in [7, 11) is 0. The number of Topliss-reactive ketones (excluding diaryl/α,β-unsaturated/α-hetero) is 1. The van der Waals surface area contributed by atoms with Crippen molar-refractivity contribution >= 4 is 11.8 Å². The molecule has 0 amide bonds. The Morgan fingerprint density at radius 2 is 2.00 bits per heavy atom. The molecular formula is C26H24N2O6. The first-order chi connectivity index (χ1) is 16.4. The Bertz CT molecular complexity index is 1250. The van der Waals surface area contributed by atoms with Crippen LogP contribution >= 0.6 is 0 Å². The molecule has 0 saturated heterocycles. The summed E-state index contributed by atoms with van der Waals surface area (Å²) < 4.78 is 16.6. The van der Waals surface area contributed by atoms with E-state index >= 15 is 0 Å². The van der Waals surface area contributed by atoms with Gasteiger partial charge in [-0.25, -0.2) is 0 Å². The molecular weight excluding hydrogens is 436 g/mol. The Morgan fingerprint density at radius 3 is 2.65 bits per heavy atom. The van der Waals surface area contributed by atoms with Crippen molar-refractivity contribution in [3.05, 3.63) is 70.1 Å². The number of ether oxygens (including phenoxy) is 2. The van der Waals surface area contributed by atoms with Crippen LogP contribution in [-0.4, -0.2) is 28.6 Å². The number of carboxylic acids is 1. The first kappa shape index (κ1) is 23.1. The average Bonchev–Trinajstić information content (AvgIpc) is 3.15. The highest BCUT2D eigenvalue weighted by molar-refractivity contribution is 5.96. The van der Waals surface area contributed by atoms with Gasteiger partial charge in [0.2, 0.25) is 0 Å². The monoisotopic (exact) mass is 460 g/mol. The maximum atomic E-state index is 12.6. The van der Waals surface area contributed by atoms with E-state index in [9.17, 15) is 20.0 Å². The van der Waals surface area contributed by atoms with Gasteiger partial charge in [-0.2, -0.15) is 5.26 Å². The van der Waals surface area contributed by atoms with Crippen LogP contribution in [0.15, 0.2) is 40.9 Å².